The van der Waals surface area contributed by atoms with E-state index in [2.05, 4.69) is 4.74 Å². The van der Waals surface area contributed by atoms with E-state index in [0.717, 1.165) is 25.7 Å². The Balaban J connectivity index is 2.34. The van der Waals surface area contributed by atoms with E-state index in [4.69, 9.17) is 5.73 Å². The number of alkyl halides is 3. The summed E-state index contributed by atoms with van der Waals surface area (Å²) < 4.78 is 40.1. The Hall–Kier alpha value is -0.820. The minimum Gasteiger partial charge on any atom is -0.372 e. The molecule has 1 aliphatic heterocycles. The van der Waals surface area contributed by atoms with Gasteiger partial charge < -0.3 is 15.4 Å². The summed E-state index contributed by atoms with van der Waals surface area (Å²) in [6.07, 6.45) is -0.476. The fourth-order valence-electron chi connectivity index (χ4n) is 2.24. The Morgan fingerprint density at radius 1 is 1.32 bits per heavy atom. The first-order valence-electron chi connectivity index (χ1n) is 6.58. The van der Waals surface area contributed by atoms with Crippen LogP contribution >= 0.6 is 0 Å². The van der Waals surface area contributed by atoms with Crippen LogP contribution in [0.4, 0.5) is 13.2 Å². The fourth-order valence-corrected chi connectivity index (χ4v) is 2.24. The van der Waals surface area contributed by atoms with Crippen LogP contribution < -0.4 is 5.73 Å². The van der Waals surface area contributed by atoms with Gasteiger partial charge in [0.25, 0.3) is 0 Å². The van der Waals surface area contributed by atoms with Crippen LogP contribution in [-0.2, 0) is 9.53 Å². The second kappa shape index (κ2) is 7.69. The summed E-state index contributed by atoms with van der Waals surface area (Å²) in [5.74, 6) is -0.167. The standard InChI is InChI=1S/C12H21F3N2O2/c13-12(14,15)9-19-7-5-11(18)17-6-3-1-2-4-10(17)8-16/h10H,1-9,16H2. The van der Waals surface area contributed by atoms with Gasteiger partial charge in [-0.1, -0.05) is 12.8 Å². The van der Waals surface area contributed by atoms with Crippen molar-refractivity contribution in [1.82, 2.24) is 4.90 Å². The van der Waals surface area contributed by atoms with Crippen molar-refractivity contribution in [3.63, 3.8) is 0 Å². The molecule has 1 aliphatic rings. The molecule has 112 valence electrons. The maximum atomic E-state index is 12.0. The highest BCUT2D eigenvalue weighted by Gasteiger charge is 2.28. The molecule has 1 unspecified atom stereocenters. The van der Waals surface area contributed by atoms with Crippen molar-refractivity contribution in [2.45, 2.75) is 44.3 Å². The molecule has 0 radical (unpaired) electrons. The smallest absolute Gasteiger partial charge is 0.372 e. The zero-order valence-electron chi connectivity index (χ0n) is 10.9. The molecule has 0 bridgehead atoms. The second-order valence-corrected chi connectivity index (χ2v) is 4.74. The normalized spacial score (nSPS) is 21.3. The molecule has 1 heterocycles. The number of halogens is 3. The molecule has 0 aliphatic carbocycles. The number of hydrogen-bond acceptors (Lipinski definition) is 3. The first kappa shape index (κ1) is 16.2. The molecule has 2 N–H and O–H groups in total. The third-order valence-electron chi connectivity index (χ3n) is 3.20. The van der Waals surface area contributed by atoms with E-state index in [9.17, 15) is 18.0 Å². The van der Waals surface area contributed by atoms with E-state index in [1.807, 2.05) is 0 Å². The number of likely N-dealkylation sites (tertiary alicyclic amines) is 1. The summed E-state index contributed by atoms with van der Waals surface area (Å²) in [4.78, 5) is 13.7. The fraction of sp³-hybridized carbons (Fsp3) is 0.917. The lowest BCUT2D eigenvalue weighted by Gasteiger charge is -2.29. The lowest BCUT2D eigenvalue weighted by Crippen LogP contribution is -2.44. The molecule has 1 atom stereocenters. The first-order valence-corrected chi connectivity index (χ1v) is 6.58. The molecule has 4 nitrogen and oxygen atoms in total. The molecule has 7 heteroatoms. The van der Waals surface area contributed by atoms with Crippen LogP contribution in [0, 0.1) is 0 Å². The molecule has 0 aromatic rings. The van der Waals surface area contributed by atoms with Gasteiger partial charge in [-0.2, -0.15) is 13.2 Å². The number of nitrogens with zero attached hydrogens (tertiary/aromatic N) is 1. The van der Waals surface area contributed by atoms with Gasteiger partial charge in [-0.25, -0.2) is 0 Å². The van der Waals surface area contributed by atoms with Crippen LogP contribution in [0.25, 0.3) is 0 Å². The monoisotopic (exact) mass is 282 g/mol. The van der Waals surface area contributed by atoms with Gasteiger partial charge >= 0.3 is 6.18 Å². The lowest BCUT2D eigenvalue weighted by atomic mass is 10.1. The minimum atomic E-state index is -4.34. The maximum Gasteiger partial charge on any atom is 0.411 e. The van der Waals surface area contributed by atoms with E-state index >= 15 is 0 Å². The van der Waals surface area contributed by atoms with E-state index in [-0.39, 0.29) is 25.0 Å². The highest BCUT2D eigenvalue weighted by atomic mass is 19.4. The Morgan fingerprint density at radius 2 is 2.05 bits per heavy atom. The molecular weight excluding hydrogens is 261 g/mol. The van der Waals surface area contributed by atoms with Crippen molar-refractivity contribution in [2.75, 3.05) is 26.3 Å². The van der Waals surface area contributed by atoms with Crippen LogP contribution in [-0.4, -0.2) is 49.3 Å². The number of carbonyl (C=O) groups excluding carboxylic acids is 1. The number of nitrogens with two attached hydrogens (primary N) is 1. The van der Waals surface area contributed by atoms with E-state index in [0.29, 0.717) is 13.1 Å². The minimum absolute atomic E-state index is 0.0117. The Bertz CT molecular complexity index is 285. The molecule has 0 saturated carbocycles. The van der Waals surface area contributed by atoms with Crippen molar-refractivity contribution in [3.8, 4) is 0 Å². The van der Waals surface area contributed by atoms with Crippen LogP contribution in [0.5, 0.6) is 0 Å². The predicted molar refractivity (Wildman–Crippen MR) is 64.5 cm³/mol. The summed E-state index contributed by atoms with van der Waals surface area (Å²) >= 11 is 0. The average Bonchev–Trinajstić information content (AvgIpc) is 2.58. The van der Waals surface area contributed by atoms with E-state index < -0.39 is 12.8 Å². The number of rotatable bonds is 5. The second-order valence-electron chi connectivity index (χ2n) is 4.74. The largest absolute Gasteiger partial charge is 0.411 e. The summed E-state index contributed by atoms with van der Waals surface area (Å²) in [6.45, 7) is -0.470. The predicted octanol–water partition coefficient (Wildman–Crippen LogP) is 1.69. The van der Waals surface area contributed by atoms with Crippen molar-refractivity contribution in [2.24, 2.45) is 5.73 Å². The summed E-state index contributed by atoms with van der Waals surface area (Å²) in [6, 6.07) is 0.0117. The summed E-state index contributed by atoms with van der Waals surface area (Å²) in [7, 11) is 0. The maximum absolute atomic E-state index is 12.0. The van der Waals surface area contributed by atoms with Gasteiger partial charge in [-0.3, -0.25) is 4.79 Å². The van der Waals surface area contributed by atoms with Crippen molar-refractivity contribution < 1.29 is 22.7 Å². The molecule has 1 rings (SSSR count). The Kier molecular flexibility index (Phi) is 6.57. The van der Waals surface area contributed by atoms with Crippen LogP contribution in [0.1, 0.15) is 32.1 Å². The molecule has 0 aromatic carbocycles. The van der Waals surface area contributed by atoms with E-state index in [1.165, 1.54) is 0 Å². The van der Waals surface area contributed by atoms with Gasteiger partial charge in [0, 0.05) is 19.1 Å². The van der Waals surface area contributed by atoms with Gasteiger partial charge in [0.15, 0.2) is 0 Å². The van der Waals surface area contributed by atoms with Gasteiger partial charge in [0.1, 0.15) is 6.61 Å². The highest BCUT2D eigenvalue weighted by molar-refractivity contribution is 5.76. The summed E-state index contributed by atoms with van der Waals surface area (Å²) in [5, 5.41) is 0. The Labute approximate surface area is 111 Å². The molecule has 0 spiro atoms. The molecular formula is C12H21F3N2O2. The first-order chi connectivity index (χ1) is 8.94. The average molecular weight is 282 g/mol. The zero-order valence-corrected chi connectivity index (χ0v) is 10.9. The van der Waals surface area contributed by atoms with E-state index in [1.54, 1.807) is 4.90 Å². The van der Waals surface area contributed by atoms with Crippen molar-refractivity contribution >= 4 is 5.91 Å². The van der Waals surface area contributed by atoms with Crippen LogP contribution in [0.15, 0.2) is 0 Å². The topological polar surface area (TPSA) is 55.6 Å². The van der Waals surface area contributed by atoms with Crippen molar-refractivity contribution in [3.05, 3.63) is 0 Å². The van der Waals surface area contributed by atoms with Gasteiger partial charge in [0.2, 0.25) is 5.91 Å². The van der Waals surface area contributed by atoms with Gasteiger partial charge in [0.05, 0.1) is 13.0 Å². The highest BCUT2D eigenvalue weighted by Crippen LogP contribution is 2.18. The van der Waals surface area contributed by atoms with Gasteiger partial charge in [-0.15, -0.1) is 0 Å². The third-order valence-corrected chi connectivity index (χ3v) is 3.20. The quantitative estimate of drug-likeness (QED) is 0.781. The summed E-state index contributed by atoms with van der Waals surface area (Å²) in [5.41, 5.74) is 5.64. The molecule has 19 heavy (non-hydrogen) atoms. The van der Waals surface area contributed by atoms with Gasteiger partial charge in [-0.05, 0) is 12.8 Å². The van der Waals surface area contributed by atoms with Crippen LogP contribution in [0.2, 0.25) is 0 Å². The Morgan fingerprint density at radius 3 is 2.68 bits per heavy atom. The molecule has 1 amide bonds. The SMILES string of the molecule is NCC1CCCCCN1C(=O)CCOCC(F)(F)F. The number of amides is 1. The molecule has 1 saturated heterocycles. The third kappa shape index (κ3) is 6.24. The molecule has 0 aromatic heterocycles. The molecule has 1 fully saturated rings. The van der Waals surface area contributed by atoms with Crippen molar-refractivity contribution in [1.29, 1.82) is 0 Å². The zero-order chi connectivity index (χ0) is 14.3. The lowest BCUT2D eigenvalue weighted by molar-refractivity contribution is -0.175. The van der Waals surface area contributed by atoms with Crippen LogP contribution in [0.3, 0.4) is 0 Å². The number of hydrogen-bond donors (Lipinski definition) is 1. The number of ether oxygens (including phenoxy) is 1. The number of carbonyl (C=O) groups is 1.